The first kappa shape index (κ1) is 10.6. The Hall–Kier alpha value is -1.51. The summed E-state index contributed by atoms with van der Waals surface area (Å²) in [4.78, 5) is 33.6. The standard InChI is InChI=1S/C11H12O3/c1-6(12)9-4-5-10(7(2)13)11(9)8(3)14/h4-5,9H,1-3H3. The van der Waals surface area contributed by atoms with Crippen LogP contribution in [0.3, 0.4) is 0 Å². The summed E-state index contributed by atoms with van der Waals surface area (Å²) in [5.41, 5.74) is 0.711. The number of carbonyl (C=O) groups is 3. The first-order valence-corrected chi connectivity index (χ1v) is 4.40. The number of ketones is 3. The Kier molecular flexibility index (Phi) is 2.79. The maximum Gasteiger partial charge on any atom is 0.160 e. The van der Waals surface area contributed by atoms with Gasteiger partial charge in [0.15, 0.2) is 11.6 Å². The van der Waals surface area contributed by atoms with Gasteiger partial charge in [0.25, 0.3) is 0 Å². The lowest BCUT2D eigenvalue weighted by Gasteiger charge is -2.08. The Labute approximate surface area is 82.5 Å². The second kappa shape index (κ2) is 3.70. The third-order valence-corrected chi connectivity index (χ3v) is 2.25. The summed E-state index contributed by atoms with van der Waals surface area (Å²) in [6, 6.07) is 0. The van der Waals surface area contributed by atoms with Gasteiger partial charge < -0.3 is 0 Å². The molecule has 0 heterocycles. The highest BCUT2D eigenvalue weighted by Gasteiger charge is 2.28. The van der Waals surface area contributed by atoms with Gasteiger partial charge >= 0.3 is 0 Å². The largest absolute Gasteiger partial charge is 0.299 e. The highest BCUT2D eigenvalue weighted by atomic mass is 16.1. The van der Waals surface area contributed by atoms with E-state index in [4.69, 9.17) is 0 Å². The molecule has 0 bridgehead atoms. The SMILES string of the molecule is CC(=O)C1=C(C(C)=O)C(C(C)=O)C=C1. The highest BCUT2D eigenvalue weighted by Crippen LogP contribution is 2.27. The molecule has 3 nitrogen and oxygen atoms in total. The minimum absolute atomic E-state index is 0.109. The van der Waals surface area contributed by atoms with Crippen molar-refractivity contribution in [3.05, 3.63) is 23.3 Å². The van der Waals surface area contributed by atoms with E-state index in [1.807, 2.05) is 0 Å². The van der Waals surface area contributed by atoms with Crippen molar-refractivity contribution in [2.75, 3.05) is 0 Å². The molecule has 14 heavy (non-hydrogen) atoms. The van der Waals surface area contributed by atoms with Crippen LogP contribution in [0.2, 0.25) is 0 Å². The highest BCUT2D eigenvalue weighted by molar-refractivity contribution is 6.11. The van der Waals surface area contributed by atoms with Crippen LogP contribution in [0.1, 0.15) is 20.8 Å². The predicted molar refractivity (Wildman–Crippen MR) is 51.7 cm³/mol. The second-order valence-corrected chi connectivity index (χ2v) is 3.39. The Balaban J connectivity index is 3.22. The zero-order valence-electron chi connectivity index (χ0n) is 8.46. The third-order valence-electron chi connectivity index (χ3n) is 2.25. The van der Waals surface area contributed by atoms with Gasteiger partial charge in [0.1, 0.15) is 5.78 Å². The van der Waals surface area contributed by atoms with Gasteiger partial charge in [-0.15, -0.1) is 0 Å². The van der Waals surface area contributed by atoms with E-state index in [2.05, 4.69) is 0 Å². The van der Waals surface area contributed by atoms with Gasteiger partial charge in [-0.1, -0.05) is 12.2 Å². The molecule has 0 spiro atoms. The van der Waals surface area contributed by atoms with Crippen LogP contribution < -0.4 is 0 Å². The van der Waals surface area contributed by atoms with Crippen molar-refractivity contribution in [3.63, 3.8) is 0 Å². The van der Waals surface area contributed by atoms with Crippen LogP contribution >= 0.6 is 0 Å². The van der Waals surface area contributed by atoms with E-state index in [9.17, 15) is 14.4 Å². The lowest BCUT2D eigenvalue weighted by molar-refractivity contribution is -0.121. The summed E-state index contributed by atoms with van der Waals surface area (Å²) in [5.74, 6) is -1.01. The van der Waals surface area contributed by atoms with Gasteiger partial charge in [0, 0.05) is 11.1 Å². The van der Waals surface area contributed by atoms with Crippen LogP contribution in [0, 0.1) is 5.92 Å². The quantitative estimate of drug-likeness (QED) is 0.675. The fraction of sp³-hybridized carbons (Fsp3) is 0.364. The van der Waals surface area contributed by atoms with Gasteiger partial charge in [-0.05, 0) is 20.8 Å². The van der Waals surface area contributed by atoms with Crippen molar-refractivity contribution < 1.29 is 14.4 Å². The summed E-state index contributed by atoms with van der Waals surface area (Å²) < 4.78 is 0. The van der Waals surface area contributed by atoms with E-state index in [0.29, 0.717) is 11.1 Å². The van der Waals surface area contributed by atoms with Crippen molar-refractivity contribution in [1.82, 2.24) is 0 Å². The zero-order valence-corrected chi connectivity index (χ0v) is 8.46. The minimum atomic E-state index is -0.522. The Bertz CT molecular complexity index is 372. The molecule has 74 valence electrons. The molecule has 0 aromatic rings. The van der Waals surface area contributed by atoms with Crippen LogP contribution in [0.15, 0.2) is 23.3 Å². The molecule has 0 aromatic carbocycles. The lowest BCUT2D eigenvalue weighted by atomic mass is 9.93. The molecular formula is C11H12O3. The van der Waals surface area contributed by atoms with Crippen LogP contribution in [0.5, 0.6) is 0 Å². The maximum absolute atomic E-state index is 11.3. The second-order valence-electron chi connectivity index (χ2n) is 3.39. The van der Waals surface area contributed by atoms with Crippen molar-refractivity contribution in [1.29, 1.82) is 0 Å². The minimum Gasteiger partial charge on any atom is -0.299 e. The molecule has 0 radical (unpaired) electrons. The summed E-state index contributed by atoms with van der Waals surface area (Å²) in [6.45, 7) is 4.19. The van der Waals surface area contributed by atoms with Crippen LogP contribution in [0.4, 0.5) is 0 Å². The van der Waals surface area contributed by atoms with Crippen LogP contribution in [-0.4, -0.2) is 17.3 Å². The maximum atomic E-state index is 11.3. The summed E-state index contributed by atoms with van der Waals surface area (Å²) in [7, 11) is 0. The molecule has 1 rings (SSSR count). The van der Waals surface area contributed by atoms with E-state index < -0.39 is 5.92 Å². The molecule has 0 fully saturated rings. The summed E-state index contributed by atoms with van der Waals surface area (Å²) in [6.07, 6.45) is 3.17. The normalized spacial score (nSPS) is 20.1. The molecule has 1 aliphatic carbocycles. The summed E-state index contributed by atoms with van der Waals surface area (Å²) >= 11 is 0. The molecule has 0 N–H and O–H groups in total. The molecular weight excluding hydrogens is 180 g/mol. The third kappa shape index (κ3) is 1.71. The Morgan fingerprint density at radius 2 is 1.64 bits per heavy atom. The van der Waals surface area contributed by atoms with Crippen LogP contribution in [0.25, 0.3) is 0 Å². The van der Waals surface area contributed by atoms with Gasteiger partial charge in [0.05, 0.1) is 5.92 Å². The van der Waals surface area contributed by atoms with Gasteiger partial charge in [-0.25, -0.2) is 0 Å². The molecule has 0 aliphatic heterocycles. The fourth-order valence-corrected chi connectivity index (χ4v) is 1.60. The first-order valence-electron chi connectivity index (χ1n) is 4.40. The zero-order chi connectivity index (χ0) is 10.9. The van der Waals surface area contributed by atoms with E-state index in [-0.39, 0.29) is 17.3 Å². The van der Waals surface area contributed by atoms with Crippen LogP contribution in [-0.2, 0) is 14.4 Å². The molecule has 1 aliphatic rings. The number of hydrogen-bond acceptors (Lipinski definition) is 3. The Morgan fingerprint density at radius 3 is 2.00 bits per heavy atom. The average Bonchev–Trinajstić information content (AvgIpc) is 2.46. The molecule has 1 unspecified atom stereocenters. The number of hydrogen-bond donors (Lipinski definition) is 0. The van der Waals surface area contributed by atoms with Crippen molar-refractivity contribution in [3.8, 4) is 0 Å². The molecule has 1 atom stereocenters. The van der Waals surface area contributed by atoms with E-state index >= 15 is 0 Å². The van der Waals surface area contributed by atoms with Gasteiger partial charge in [0.2, 0.25) is 0 Å². The number of rotatable bonds is 3. The first-order chi connectivity index (χ1) is 6.45. The smallest absolute Gasteiger partial charge is 0.160 e. The predicted octanol–water partition coefficient (Wildman–Crippen LogP) is 1.24. The molecule has 3 heteroatoms. The average molecular weight is 192 g/mol. The number of carbonyl (C=O) groups excluding carboxylic acids is 3. The van der Waals surface area contributed by atoms with Crippen molar-refractivity contribution in [2.24, 2.45) is 5.92 Å². The summed E-state index contributed by atoms with van der Waals surface area (Å²) in [5, 5.41) is 0. The Morgan fingerprint density at radius 1 is 1.07 bits per heavy atom. The molecule has 0 amide bonds. The monoisotopic (exact) mass is 192 g/mol. The van der Waals surface area contributed by atoms with E-state index in [1.165, 1.54) is 20.8 Å². The number of Topliss-reactive ketones (excluding diaryl/α,β-unsaturated/α-hetero) is 3. The molecule has 0 saturated carbocycles. The van der Waals surface area contributed by atoms with Gasteiger partial charge in [-0.3, -0.25) is 14.4 Å². The van der Waals surface area contributed by atoms with Crippen molar-refractivity contribution >= 4 is 17.3 Å². The number of allylic oxidation sites excluding steroid dienone is 4. The molecule has 0 saturated heterocycles. The van der Waals surface area contributed by atoms with Crippen molar-refractivity contribution in [2.45, 2.75) is 20.8 Å². The van der Waals surface area contributed by atoms with E-state index in [1.54, 1.807) is 12.2 Å². The molecule has 0 aromatic heterocycles. The lowest BCUT2D eigenvalue weighted by Crippen LogP contribution is -2.16. The fourth-order valence-electron chi connectivity index (χ4n) is 1.60. The topological polar surface area (TPSA) is 51.2 Å². The van der Waals surface area contributed by atoms with Gasteiger partial charge in [-0.2, -0.15) is 0 Å². The van der Waals surface area contributed by atoms with E-state index in [0.717, 1.165) is 0 Å².